The molecule has 19 heteroatoms. The first-order valence-electron chi connectivity index (χ1n) is 11.1. The number of anilines is 1. The maximum atomic E-state index is 13.1. The van der Waals surface area contributed by atoms with Crippen LogP contribution in [0.2, 0.25) is 0 Å². The fourth-order valence-corrected chi connectivity index (χ4v) is 3.32. The lowest BCUT2D eigenvalue weighted by molar-refractivity contribution is -0.338. The summed E-state index contributed by atoms with van der Waals surface area (Å²) in [6.45, 7) is 0. The van der Waals surface area contributed by atoms with Crippen LogP contribution in [0.1, 0.15) is 15.9 Å². The molecule has 1 unspecified atom stereocenters. The summed E-state index contributed by atoms with van der Waals surface area (Å²) in [7, 11) is 0.435. The molecule has 230 valence electrons. The lowest BCUT2D eigenvalue weighted by atomic mass is 10.0. The van der Waals surface area contributed by atoms with Gasteiger partial charge in [-0.25, -0.2) is 0 Å². The third-order valence-electron chi connectivity index (χ3n) is 5.19. The van der Waals surface area contributed by atoms with Crippen molar-refractivity contribution in [2.45, 2.75) is 43.3 Å². The number of benzene rings is 2. The molecule has 2 aromatic rings. The van der Waals surface area contributed by atoms with Crippen LogP contribution in [0.5, 0.6) is 0 Å². The van der Waals surface area contributed by atoms with Gasteiger partial charge in [0.2, 0.25) is 12.3 Å². The van der Waals surface area contributed by atoms with Crippen LogP contribution in [0.3, 0.4) is 0 Å². The van der Waals surface area contributed by atoms with Gasteiger partial charge in [0.1, 0.15) is 0 Å². The number of ether oxygens (including phenoxy) is 2. The van der Waals surface area contributed by atoms with Crippen LogP contribution in [0.15, 0.2) is 64.6 Å². The number of rotatable bonds is 6. The molecule has 42 heavy (non-hydrogen) atoms. The van der Waals surface area contributed by atoms with Crippen LogP contribution in [-0.2, 0) is 9.47 Å². The summed E-state index contributed by atoms with van der Waals surface area (Å²) >= 11 is 0. The average molecular weight is 624 g/mol. The number of halogens is 12. The van der Waals surface area contributed by atoms with Gasteiger partial charge in [0, 0.05) is 18.2 Å². The Bertz CT molecular complexity index is 1290. The van der Waals surface area contributed by atoms with E-state index in [0.717, 1.165) is 6.07 Å². The topological polar surface area (TPSA) is 75.5 Å². The molecule has 1 atom stereocenters. The number of nitrogens with zero attached hydrogens (tertiary/aromatic N) is 3. The molecule has 0 saturated heterocycles. The molecule has 0 bridgehead atoms. The van der Waals surface area contributed by atoms with E-state index in [1.165, 1.54) is 42.5 Å². The summed E-state index contributed by atoms with van der Waals surface area (Å²) < 4.78 is 166. The Morgan fingerprint density at radius 2 is 1.29 bits per heavy atom. The quantitative estimate of drug-likeness (QED) is 0.302. The van der Waals surface area contributed by atoms with Crippen molar-refractivity contribution in [2.75, 3.05) is 12.4 Å². The molecule has 1 aliphatic rings. The fraction of sp³-hybridized carbons (Fsp3) is 0.348. The first-order chi connectivity index (χ1) is 19.2. The monoisotopic (exact) mass is 624 g/mol. The van der Waals surface area contributed by atoms with Gasteiger partial charge in [0.05, 0.1) is 5.69 Å². The summed E-state index contributed by atoms with van der Waals surface area (Å²) in [4.78, 5) is 19.4. The lowest BCUT2D eigenvalue weighted by Gasteiger charge is -2.35. The summed E-state index contributed by atoms with van der Waals surface area (Å²) in [5.41, 5.74) is -0.350. The minimum absolute atomic E-state index is 0.113. The second-order valence-electron chi connectivity index (χ2n) is 8.33. The number of amidine groups is 1. The zero-order valence-electron chi connectivity index (χ0n) is 20.5. The Balaban J connectivity index is 2.08. The van der Waals surface area contributed by atoms with Crippen LogP contribution >= 0.6 is 0 Å². The molecule has 3 rings (SSSR count). The van der Waals surface area contributed by atoms with Crippen LogP contribution in [0, 0.1) is 0 Å². The number of hydrogen-bond donors (Lipinski definition) is 1. The Morgan fingerprint density at radius 3 is 1.81 bits per heavy atom. The molecule has 1 N–H and O–H groups in total. The summed E-state index contributed by atoms with van der Waals surface area (Å²) in [6, 6.07) is 10.6. The van der Waals surface area contributed by atoms with Crippen molar-refractivity contribution < 1.29 is 67.0 Å². The van der Waals surface area contributed by atoms with E-state index in [4.69, 9.17) is 0 Å². The number of nitrogens with one attached hydrogen (secondary N) is 1. The summed E-state index contributed by atoms with van der Waals surface area (Å²) in [5.74, 6) is -1.82. The molecule has 0 radical (unpaired) electrons. The molecule has 0 aliphatic carbocycles. The highest BCUT2D eigenvalue weighted by atomic mass is 19.4. The average Bonchev–Trinajstić information content (AvgIpc) is 2.85. The second-order valence-corrected chi connectivity index (χ2v) is 8.33. The second kappa shape index (κ2) is 11.7. The molecular formula is C23H16F12N4O3. The number of alkyl halides is 12. The van der Waals surface area contributed by atoms with E-state index in [-0.39, 0.29) is 21.7 Å². The Hall–Kier alpha value is -4.03. The Morgan fingerprint density at radius 1 is 0.786 bits per heavy atom. The number of carbonyl (C=O) groups is 1. The Kier molecular flexibility index (Phi) is 9.04. The predicted molar refractivity (Wildman–Crippen MR) is 120 cm³/mol. The molecule has 1 aliphatic heterocycles. The summed E-state index contributed by atoms with van der Waals surface area (Å²) in [6.07, 6.45) is -36.6. The van der Waals surface area contributed by atoms with E-state index in [1.807, 2.05) is 0 Å². The number of carbonyl (C=O) groups excluding carboxylic acids is 1. The van der Waals surface area contributed by atoms with Gasteiger partial charge < -0.3 is 14.8 Å². The lowest BCUT2D eigenvalue weighted by Crippen LogP contribution is -2.54. The molecule has 1 heterocycles. The number of guanidine groups is 1. The molecule has 7 nitrogen and oxygen atoms in total. The van der Waals surface area contributed by atoms with Crippen molar-refractivity contribution in [1.29, 1.82) is 0 Å². The number of hydrogen-bond acceptors (Lipinski definition) is 7. The van der Waals surface area contributed by atoms with Crippen LogP contribution < -0.4 is 5.32 Å². The van der Waals surface area contributed by atoms with E-state index >= 15 is 0 Å². The minimum Gasteiger partial charge on any atom is -0.442 e. The maximum absolute atomic E-state index is 13.1. The fourth-order valence-electron chi connectivity index (χ4n) is 3.32. The minimum atomic E-state index is -6.14. The molecule has 0 aromatic heterocycles. The van der Waals surface area contributed by atoms with Gasteiger partial charge in [0.25, 0.3) is 18.2 Å². The third-order valence-corrected chi connectivity index (χ3v) is 5.19. The molecule has 0 fully saturated rings. The normalized spacial score (nSPS) is 16.8. The zero-order valence-corrected chi connectivity index (χ0v) is 20.5. The molecule has 0 spiro atoms. The predicted octanol–water partition coefficient (Wildman–Crippen LogP) is 6.29. The standard InChI is InChI=1S/C23H16F12N4O3/c1-39-18(41-15(20(24,25)26)21(27,28)29)37-17(38-19(39)42-16(22(30,31)32)23(33,34)35)36-13-10-6-5-9-12(13)14(40)11-7-3-2-4-8-11/h2-10,15-16,18H,1H3,(H,36,37). The van der Waals surface area contributed by atoms with Gasteiger partial charge in [-0.2, -0.15) is 62.7 Å². The van der Waals surface area contributed by atoms with Crippen molar-refractivity contribution in [3.63, 3.8) is 0 Å². The highest BCUT2D eigenvalue weighted by Gasteiger charge is 2.61. The largest absolute Gasteiger partial charge is 0.442 e. The smallest absolute Gasteiger partial charge is 0.434 e. The van der Waals surface area contributed by atoms with Gasteiger partial charge in [-0.1, -0.05) is 42.5 Å². The number of aliphatic imine (C=N–C) groups is 2. The van der Waals surface area contributed by atoms with Crippen molar-refractivity contribution >= 4 is 23.5 Å². The van der Waals surface area contributed by atoms with E-state index in [0.29, 0.717) is 7.05 Å². The van der Waals surface area contributed by atoms with E-state index < -0.39 is 61.0 Å². The van der Waals surface area contributed by atoms with Crippen molar-refractivity contribution in [1.82, 2.24) is 4.90 Å². The van der Waals surface area contributed by atoms with Crippen molar-refractivity contribution in [3.05, 3.63) is 65.7 Å². The van der Waals surface area contributed by atoms with Gasteiger partial charge in [-0.15, -0.1) is 0 Å². The highest BCUT2D eigenvalue weighted by Crippen LogP contribution is 2.39. The van der Waals surface area contributed by atoms with Crippen LogP contribution in [-0.4, -0.2) is 73.0 Å². The van der Waals surface area contributed by atoms with Crippen LogP contribution in [0.25, 0.3) is 0 Å². The molecular weight excluding hydrogens is 608 g/mol. The molecule has 0 saturated carbocycles. The summed E-state index contributed by atoms with van der Waals surface area (Å²) in [5, 5.41) is 2.21. The van der Waals surface area contributed by atoms with Crippen LogP contribution in [0.4, 0.5) is 58.4 Å². The first kappa shape index (κ1) is 32.5. The number of para-hydroxylation sites is 1. The third kappa shape index (κ3) is 7.83. The van der Waals surface area contributed by atoms with Gasteiger partial charge >= 0.3 is 24.7 Å². The first-order valence-corrected chi connectivity index (χ1v) is 11.1. The molecule has 0 amide bonds. The van der Waals surface area contributed by atoms with Gasteiger partial charge in [0.15, 0.2) is 5.78 Å². The van der Waals surface area contributed by atoms with Crippen molar-refractivity contribution in [2.24, 2.45) is 9.98 Å². The van der Waals surface area contributed by atoms with Gasteiger partial charge in [-0.3, -0.25) is 9.69 Å². The Labute approximate surface area is 227 Å². The maximum Gasteiger partial charge on any atom is 0.434 e. The highest BCUT2D eigenvalue weighted by molar-refractivity contribution is 6.14. The number of ketones is 1. The van der Waals surface area contributed by atoms with Gasteiger partial charge in [-0.05, 0) is 12.1 Å². The van der Waals surface area contributed by atoms with E-state index in [1.54, 1.807) is 6.07 Å². The van der Waals surface area contributed by atoms with Crippen molar-refractivity contribution in [3.8, 4) is 0 Å². The zero-order chi connectivity index (χ0) is 31.7. The van der Waals surface area contributed by atoms with E-state index in [2.05, 4.69) is 24.8 Å². The van der Waals surface area contributed by atoms with E-state index in [9.17, 15) is 57.5 Å². The SMILES string of the molecule is CN1C(OC(C(F)(F)F)C(F)(F)F)=NC(Nc2ccccc2C(=O)c2ccccc2)=NC1OC(C(F)(F)F)C(F)(F)F. The molecule has 2 aromatic carbocycles.